The molecule has 2 fully saturated rings. The number of thiophene rings is 1. The quantitative estimate of drug-likeness (QED) is 0.707. The lowest BCUT2D eigenvalue weighted by Gasteiger charge is -2.36. The summed E-state index contributed by atoms with van der Waals surface area (Å²) >= 11 is 4.55. The topological polar surface area (TPSA) is 69.7 Å². The zero-order chi connectivity index (χ0) is 19.6. The van der Waals surface area contributed by atoms with Gasteiger partial charge in [-0.3, -0.25) is 9.69 Å². The minimum absolute atomic E-state index is 0.0550. The van der Waals surface area contributed by atoms with E-state index in [0.29, 0.717) is 48.8 Å². The van der Waals surface area contributed by atoms with Gasteiger partial charge in [0.05, 0.1) is 10.3 Å². The maximum atomic E-state index is 12.7. The molecule has 0 aromatic carbocycles. The lowest BCUT2D eigenvalue weighted by molar-refractivity contribution is -0.124. The highest BCUT2D eigenvalue weighted by molar-refractivity contribution is 9.11. The number of hydrogen-bond acceptors (Lipinski definition) is 5. The molecule has 2 aliphatic rings. The Kier molecular flexibility index (Phi) is 7.00. The van der Waals surface area contributed by atoms with Crippen LogP contribution < -0.4 is 5.32 Å². The third-order valence-electron chi connectivity index (χ3n) is 5.89. The molecular weight excluding hydrogens is 450 g/mol. The molecule has 1 aromatic heterocycles. The van der Waals surface area contributed by atoms with Gasteiger partial charge in [0.2, 0.25) is 5.91 Å². The van der Waals surface area contributed by atoms with E-state index in [1.54, 1.807) is 12.1 Å². The molecule has 0 spiro atoms. The first kappa shape index (κ1) is 21.2. The van der Waals surface area contributed by atoms with Crippen molar-refractivity contribution in [3.8, 4) is 0 Å². The zero-order valence-corrected chi connectivity index (χ0v) is 19.1. The predicted molar refractivity (Wildman–Crippen MR) is 111 cm³/mol. The molecule has 152 valence electrons. The van der Waals surface area contributed by atoms with Crippen molar-refractivity contribution in [1.82, 2.24) is 14.5 Å². The Balaban J connectivity index is 1.48. The molecule has 1 aliphatic carbocycles. The molecule has 3 rings (SSSR count). The molecule has 1 saturated carbocycles. The van der Waals surface area contributed by atoms with E-state index < -0.39 is 10.0 Å². The van der Waals surface area contributed by atoms with Gasteiger partial charge >= 0.3 is 0 Å². The van der Waals surface area contributed by atoms with Gasteiger partial charge in [0, 0.05) is 32.2 Å². The first-order valence-corrected chi connectivity index (χ1v) is 12.6. The number of nitrogens with zero attached hydrogens (tertiary/aromatic N) is 2. The number of carbonyl (C=O) groups excluding carboxylic acids is 1. The number of rotatable bonds is 5. The van der Waals surface area contributed by atoms with Gasteiger partial charge in [0.1, 0.15) is 4.21 Å². The van der Waals surface area contributed by atoms with E-state index in [4.69, 9.17) is 0 Å². The maximum Gasteiger partial charge on any atom is 0.252 e. The fourth-order valence-electron chi connectivity index (χ4n) is 3.93. The SMILES string of the molecule is C[C@@H]1[C@H](C)CCC[C@H]1NC(=O)CN1CCN(S(=O)(=O)c2ccc(Br)s2)CC1. The summed E-state index contributed by atoms with van der Waals surface area (Å²) in [6.45, 7) is 6.82. The largest absolute Gasteiger partial charge is 0.352 e. The highest BCUT2D eigenvalue weighted by Gasteiger charge is 2.31. The second-order valence-electron chi connectivity index (χ2n) is 7.68. The molecule has 27 heavy (non-hydrogen) atoms. The van der Waals surface area contributed by atoms with Gasteiger partial charge in [0.25, 0.3) is 10.0 Å². The summed E-state index contributed by atoms with van der Waals surface area (Å²) < 4.78 is 28.0. The Hall–Kier alpha value is -0.480. The first-order chi connectivity index (χ1) is 12.8. The monoisotopic (exact) mass is 477 g/mol. The normalized spacial score (nSPS) is 28.2. The van der Waals surface area contributed by atoms with Crippen LogP contribution in [-0.2, 0) is 14.8 Å². The molecule has 6 nitrogen and oxygen atoms in total. The number of amides is 1. The van der Waals surface area contributed by atoms with E-state index in [0.717, 1.165) is 10.2 Å². The van der Waals surface area contributed by atoms with E-state index in [1.165, 1.54) is 28.5 Å². The van der Waals surface area contributed by atoms with Crippen LogP contribution in [0.1, 0.15) is 33.1 Å². The summed E-state index contributed by atoms with van der Waals surface area (Å²) in [5, 5.41) is 3.20. The minimum atomic E-state index is -3.43. The fraction of sp³-hybridized carbons (Fsp3) is 0.722. The van der Waals surface area contributed by atoms with Gasteiger partial charge in [-0.25, -0.2) is 8.42 Å². The van der Waals surface area contributed by atoms with Gasteiger partial charge < -0.3 is 5.32 Å². The molecule has 3 atom stereocenters. The second-order valence-corrected chi connectivity index (χ2v) is 12.3. The lowest BCUT2D eigenvalue weighted by atomic mass is 9.78. The van der Waals surface area contributed by atoms with Crippen molar-refractivity contribution in [3.63, 3.8) is 0 Å². The molecule has 0 radical (unpaired) electrons. The van der Waals surface area contributed by atoms with Gasteiger partial charge in [-0.15, -0.1) is 11.3 Å². The van der Waals surface area contributed by atoms with Crippen LogP contribution in [0.4, 0.5) is 0 Å². The highest BCUT2D eigenvalue weighted by Crippen LogP contribution is 2.30. The molecule has 0 unspecified atom stereocenters. The lowest BCUT2D eigenvalue weighted by Crippen LogP contribution is -2.52. The van der Waals surface area contributed by atoms with E-state index in [2.05, 4.69) is 35.1 Å². The van der Waals surface area contributed by atoms with Crippen molar-refractivity contribution in [2.45, 2.75) is 43.4 Å². The molecule has 1 saturated heterocycles. The average molecular weight is 478 g/mol. The third-order valence-corrected chi connectivity index (χ3v) is 9.88. The van der Waals surface area contributed by atoms with Crippen LogP contribution in [0.2, 0.25) is 0 Å². The molecular formula is C18H28BrN3O3S2. The van der Waals surface area contributed by atoms with Crippen LogP contribution in [0.5, 0.6) is 0 Å². The Morgan fingerprint density at radius 2 is 1.93 bits per heavy atom. The van der Waals surface area contributed by atoms with Crippen LogP contribution in [0.3, 0.4) is 0 Å². The first-order valence-electron chi connectivity index (χ1n) is 9.54. The van der Waals surface area contributed by atoms with Crippen LogP contribution in [0.15, 0.2) is 20.1 Å². The van der Waals surface area contributed by atoms with E-state index >= 15 is 0 Å². The van der Waals surface area contributed by atoms with Crippen LogP contribution >= 0.6 is 27.3 Å². The van der Waals surface area contributed by atoms with Crippen molar-refractivity contribution in [2.75, 3.05) is 32.7 Å². The predicted octanol–water partition coefficient (Wildman–Crippen LogP) is 2.76. The number of hydrogen-bond donors (Lipinski definition) is 1. The summed E-state index contributed by atoms with van der Waals surface area (Å²) in [6.07, 6.45) is 3.47. The summed E-state index contributed by atoms with van der Waals surface area (Å²) in [7, 11) is -3.43. The molecule has 1 aromatic rings. The number of halogens is 1. The third kappa shape index (κ3) is 5.12. The minimum Gasteiger partial charge on any atom is -0.352 e. The van der Waals surface area contributed by atoms with Crippen molar-refractivity contribution < 1.29 is 13.2 Å². The number of sulfonamides is 1. The number of carbonyl (C=O) groups is 1. The van der Waals surface area contributed by atoms with Crippen LogP contribution in [0.25, 0.3) is 0 Å². The Bertz CT molecular complexity index is 760. The van der Waals surface area contributed by atoms with Gasteiger partial charge in [-0.05, 0) is 46.3 Å². The Labute approximate surface area is 174 Å². The summed E-state index contributed by atoms with van der Waals surface area (Å²) in [5.74, 6) is 1.21. The van der Waals surface area contributed by atoms with Crippen molar-refractivity contribution in [2.24, 2.45) is 11.8 Å². The molecule has 1 aliphatic heterocycles. The van der Waals surface area contributed by atoms with E-state index in [-0.39, 0.29) is 11.9 Å². The van der Waals surface area contributed by atoms with Gasteiger partial charge in [-0.1, -0.05) is 26.7 Å². The summed E-state index contributed by atoms with van der Waals surface area (Å²) in [5.41, 5.74) is 0. The fourth-order valence-corrected chi connectivity index (χ4v) is 7.52. The van der Waals surface area contributed by atoms with Crippen molar-refractivity contribution in [1.29, 1.82) is 0 Å². The van der Waals surface area contributed by atoms with Crippen molar-refractivity contribution in [3.05, 3.63) is 15.9 Å². The molecule has 0 bridgehead atoms. The molecule has 1 N–H and O–H groups in total. The second kappa shape index (κ2) is 8.90. The van der Waals surface area contributed by atoms with E-state index in [9.17, 15) is 13.2 Å². The van der Waals surface area contributed by atoms with Crippen molar-refractivity contribution >= 4 is 43.2 Å². The molecule has 1 amide bonds. The van der Waals surface area contributed by atoms with Crippen LogP contribution in [0, 0.1) is 11.8 Å². The summed E-state index contributed by atoms with van der Waals surface area (Å²) in [4.78, 5) is 14.5. The van der Waals surface area contributed by atoms with Gasteiger partial charge in [0.15, 0.2) is 0 Å². The van der Waals surface area contributed by atoms with Crippen LogP contribution in [-0.4, -0.2) is 62.3 Å². The Morgan fingerprint density at radius 3 is 2.56 bits per heavy atom. The summed E-state index contributed by atoms with van der Waals surface area (Å²) in [6, 6.07) is 3.65. The zero-order valence-electron chi connectivity index (χ0n) is 15.9. The molecule has 9 heteroatoms. The number of nitrogens with one attached hydrogen (secondary N) is 1. The number of piperazine rings is 1. The van der Waals surface area contributed by atoms with Gasteiger partial charge in [-0.2, -0.15) is 4.31 Å². The van der Waals surface area contributed by atoms with E-state index in [1.807, 2.05) is 4.90 Å². The Morgan fingerprint density at radius 1 is 1.22 bits per heavy atom. The molecule has 2 heterocycles. The average Bonchev–Trinajstić information content (AvgIpc) is 3.07. The maximum absolute atomic E-state index is 12.7. The standard InChI is InChI=1S/C18H28BrN3O3S2/c1-13-4-3-5-15(14(13)2)20-17(23)12-21-8-10-22(11-9-21)27(24,25)18-7-6-16(19)26-18/h6-7,13-15H,3-5,8-12H2,1-2H3,(H,20,23)/t13-,14-,15-/m1/s1. The smallest absolute Gasteiger partial charge is 0.252 e. The highest BCUT2D eigenvalue weighted by atomic mass is 79.9.